The van der Waals surface area contributed by atoms with Gasteiger partial charge in [0.2, 0.25) is 5.78 Å². The molecule has 0 aliphatic rings. The molecule has 0 fully saturated rings. The van der Waals surface area contributed by atoms with E-state index in [4.69, 9.17) is 4.42 Å². The second kappa shape index (κ2) is 4.41. The summed E-state index contributed by atoms with van der Waals surface area (Å²) in [5.41, 5.74) is -0.426. The molecule has 88 valence electrons. The van der Waals surface area contributed by atoms with Crippen LogP contribution in [0.4, 0.5) is 8.78 Å². The molecule has 0 atom stereocenters. The highest BCUT2D eigenvalue weighted by Gasteiger charge is 2.23. The molecule has 0 spiro atoms. The molecule has 2 aromatic rings. The Kier molecular flexibility index (Phi) is 3.11. The van der Waals surface area contributed by atoms with Gasteiger partial charge >= 0.3 is 0 Å². The average molecular weight is 301 g/mol. The third kappa shape index (κ3) is 2.02. The van der Waals surface area contributed by atoms with Gasteiger partial charge in [-0.05, 0) is 41.1 Å². The average Bonchev–Trinajstić information content (AvgIpc) is 2.70. The Labute approximate surface area is 104 Å². The van der Waals surface area contributed by atoms with Crippen molar-refractivity contribution >= 4 is 21.7 Å². The van der Waals surface area contributed by atoms with Gasteiger partial charge in [-0.15, -0.1) is 0 Å². The van der Waals surface area contributed by atoms with Gasteiger partial charge in [-0.2, -0.15) is 0 Å². The quantitative estimate of drug-likeness (QED) is 0.623. The largest absolute Gasteiger partial charge is 0.469 e. The summed E-state index contributed by atoms with van der Waals surface area (Å²) in [6.45, 7) is 1.56. The summed E-state index contributed by atoms with van der Waals surface area (Å²) in [4.78, 5) is 12.0. The SMILES string of the molecule is Cc1occc1C(=O)c1c(F)ccc(Br)c1F. The highest BCUT2D eigenvalue weighted by Crippen LogP contribution is 2.25. The number of aryl methyl sites for hydroxylation is 1. The Balaban J connectivity index is 2.59. The number of rotatable bonds is 2. The lowest BCUT2D eigenvalue weighted by atomic mass is 10.0. The van der Waals surface area contributed by atoms with E-state index in [2.05, 4.69) is 15.9 Å². The maximum Gasteiger partial charge on any atom is 0.202 e. The monoisotopic (exact) mass is 300 g/mol. The number of halogens is 3. The van der Waals surface area contributed by atoms with Gasteiger partial charge in [0.05, 0.1) is 21.9 Å². The smallest absolute Gasteiger partial charge is 0.202 e. The standard InChI is InChI=1S/C12H7BrF2O2/c1-6-7(4-5-17-6)12(16)10-9(14)3-2-8(13)11(10)15/h2-5H,1H3. The Morgan fingerprint density at radius 3 is 2.59 bits per heavy atom. The Morgan fingerprint density at radius 2 is 2.00 bits per heavy atom. The lowest BCUT2D eigenvalue weighted by Crippen LogP contribution is -2.08. The highest BCUT2D eigenvalue weighted by atomic mass is 79.9. The molecule has 5 heteroatoms. The second-order valence-corrected chi connectivity index (χ2v) is 4.29. The van der Waals surface area contributed by atoms with Crippen LogP contribution < -0.4 is 0 Å². The van der Waals surface area contributed by atoms with E-state index in [1.807, 2.05) is 0 Å². The van der Waals surface area contributed by atoms with Crippen LogP contribution in [0.25, 0.3) is 0 Å². The van der Waals surface area contributed by atoms with Crippen LogP contribution >= 0.6 is 15.9 Å². The minimum atomic E-state index is -0.907. The molecule has 0 radical (unpaired) electrons. The molecule has 0 bridgehead atoms. The molecule has 2 rings (SSSR count). The molecule has 0 unspecified atom stereocenters. The van der Waals surface area contributed by atoms with Gasteiger partial charge in [0.1, 0.15) is 11.6 Å². The zero-order chi connectivity index (χ0) is 12.6. The van der Waals surface area contributed by atoms with Crippen molar-refractivity contribution in [2.24, 2.45) is 0 Å². The van der Waals surface area contributed by atoms with E-state index < -0.39 is 23.0 Å². The maximum absolute atomic E-state index is 13.7. The summed E-state index contributed by atoms with van der Waals surface area (Å²) in [7, 11) is 0. The number of carbonyl (C=O) groups is 1. The summed E-state index contributed by atoms with van der Waals surface area (Å²) in [6.07, 6.45) is 1.30. The topological polar surface area (TPSA) is 30.2 Å². The third-order valence-electron chi connectivity index (χ3n) is 2.37. The zero-order valence-electron chi connectivity index (χ0n) is 8.76. The maximum atomic E-state index is 13.7. The van der Waals surface area contributed by atoms with E-state index in [-0.39, 0.29) is 10.0 Å². The number of hydrogen-bond acceptors (Lipinski definition) is 2. The molecule has 0 N–H and O–H groups in total. The first kappa shape index (κ1) is 12.0. The van der Waals surface area contributed by atoms with E-state index in [9.17, 15) is 13.6 Å². The molecule has 0 aliphatic heterocycles. The van der Waals surface area contributed by atoms with Gasteiger partial charge < -0.3 is 4.42 Å². The van der Waals surface area contributed by atoms with Crippen LogP contribution in [0.1, 0.15) is 21.7 Å². The summed E-state index contributed by atoms with van der Waals surface area (Å²) in [5.74, 6) is -2.20. The van der Waals surface area contributed by atoms with E-state index in [1.54, 1.807) is 6.92 Å². The fourth-order valence-electron chi connectivity index (χ4n) is 1.49. The first-order chi connectivity index (χ1) is 8.02. The van der Waals surface area contributed by atoms with Crippen LogP contribution in [0.2, 0.25) is 0 Å². The van der Waals surface area contributed by atoms with Crippen molar-refractivity contribution in [2.45, 2.75) is 6.92 Å². The molecule has 1 aromatic carbocycles. The molecule has 0 amide bonds. The van der Waals surface area contributed by atoms with E-state index in [0.29, 0.717) is 5.76 Å². The second-order valence-electron chi connectivity index (χ2n) is 3.44. The van der Waals surface area contributed by atoms with Crippen LogP contribution in [0.5, 0.6) is 0 Å². The van der Waals surface area contributed by atoms with Crippen LogP contribution in [-0.2, 0) is 0 Å². The first-order valence-electron chi connectivity index (χ1n) is 4.74. The van der Waals surface area contributed by atoms with Crippen molar-refractivity contribution in [1.29, 1.82) is 0 Å². The highest BCUT2D eigenvalue weighted by molar-refractivity contribution is 9.10. The minimum absolute atomic E-state index is 0.0448. The number of benzene rings is 1. The predicted molar refractivity (Wildman–Crippen MR) is 60.9 cm³/mol. The third-order valence-corrected chi connectivity index (χ3v) is 2.99. The van der Waals surface area contributed by atoms with E-state index in [1.165, 1.54) is 18.4 Å². The number of carbonyl (C=O) groups excluding carboxylic acids is 1. The van der Waals surface area contributed by atoms with E-state index in [0.717, 1.165) is 6.07 Å². The normalized spacial score (nSPS) is 10.6. The van der Waals surface area contributed by atoms with E-state index >= 15 is 0 Å². The molecule has 2 nitrogen and oxygen atoms in total. The number of furan rings is 1. The summed E-state index contributed by atoms with van der Waals surface area (Å²) >= 11 is 2.91. The van der Waals surface area contributed by atoms with Crippen LogP contribution in [-0.4, -0.2) is 5.78 Å². The Bertz CT molecular complexity index is 590. The summed E-state index contributed by atoms with van der Waals surface area (Å²) in [5, 5.41) is 0. The van der Waals surface area contributed by atoms with Gasteiger partial charge in [-0.1, -0.05) is 0 Å². The molecule has 1 heterocycles. The van der Waals surface area contributed by atoms with Gasteiger partial charge in [0.25, 0.3) is 0 Å². The first-order valence-corrected chi connectivity index (χ1v) is 5.54. The van der Waals surface area contributed by atoms with Gasteiger partial charge in [-0.25, -0.2) is 8.78 Å². The molecular weight excluding hydrogens is 294 g/mol. The van der Waals surface area contributed by atoms with Crippen molar-refractivity contribution in [2.75, 3.05) is 0 Å². The van der Waals surface area contributed by atoms with Crippen LogP contribution in [0, 0.1) is 18.6 Å². The zero-order valence-corrected chi connectivity index (χ0v) is 10.3. The minimum Gasteiger partial charge on any atom is -0.469 e. The summed E-state index contributed by atoms with van der Waals surface area (Å²) < 4.78 is 32.2. The summed E-state index contributed by atoms with van der Waals surface area (Å²) in [6, 6.07) is 3.64. The van der Waals surface area contributed by atoms with Crippen molar-refractivity contribution in [1.82, 2.24) is 0 Å². The molecule has 0 saturated carbocycles. The van der Waals surface area contributed by atoms with Gasteiger partial charge in [-0.3, -0.25) is 4.79 Å². The van der Waals surface area contributed by atoms with Crippen molar-refractivity contribution in [3.63, 3.8) is 0 Å². The molecular formula is C12H7BrF2O2. The molecule has 1 aromatic heterocycles. The fraction of sp³-hybridized carbons (Fsp3) is 0.0833. The van der Waals surface area contributed by atoms with Crippen molar-refractivity contribution in [3.8, 4) is 0 Å². The molecule has 0 saturated heterocycles. The lowest BCUT2D eigenvalue weighted by Gasteiger charge is -2.04. The fourth-order valence-corrected chi connectivity index (χ4v) is 1.82. The van der Waals surface area contributed by atoms with Gasteiger partial charge in [0.15, 0.2) is 5.82 Å². The van der Waals surface area contributed by atoms with Crippen LogP contribution in [0.15, 0.2) is 33.4 Å². The molecule has 17 heavy (non-hydrogen) atoms. The van der Waals surface area contributed by atoms with Crippen LogP contribution in [0.3, 0.4) is 0 Å². The Morgan fingerprint density at radius 1 is 1.29 bits per heavy atom. The number of hydrogen-bond donors (Lipinski definition) is 0. The van der Waals surface area contributed by atoms with Crippen molar-refractivity contribution in [3.05, 3.63) is 57.5 Å². The molecule has 0 aliphatic carbocycles. The van der Waals surface area contributed by atoms with Gasteiger partial charge in [0, 0.05) is 0 Å². The number of ketones is 1. The van der Waals surface area contributed by atoms with Crippen molar-refractivity contribution < 1.29 is 18.0 Å². The Hall–Kier alpha value is -1.49. The lowest BCUT2D eigenvalue weighted by molar-refractivity contribution is 0.102. The predicted octanol–water partition coefficient (Wildman–Crippen LogP) is 3.86.